The lowest BCUT2D eigenvalue weighted by molar-refractivity contribution is 0.0198. The number of rotatable bonds is 4. The molecule has 6 heteroatoms. The molecule has 2 saturated heterocycles. The SMILES string of the molecule is CC(c1ccc(-c2ccc(N3CCSCC3)nn2)cc1)N1CCOCC1. The van der Waals surface area contributed by atoms with Gasteiger partial charge in [0.25, 0.3) is 0 Å². The molecule has 1 unspecified atom stereocenters. The normalized spacial score (nSPS) is 20.1. The summed E-state index contributed by atoms with van der Waals surface area (Å²) >= 11 is 2.01. The van der Waals surface area contributed by atoms with Crippen LogP contribution in [-0.4, -0.2) is 66.0 Å². The van der Waals surface area contributed by atoms with Crippen LogP contribution in [0.3, 0.4) is 0 Å². The van der Waals surface area contributed by atoms with Gasteiger partial charge < -0.3 is 9.64 Å². The average molecular weight is 371 g/mol. The Morgan fingerprint density at radius 3 is 2.31 bits per heavy atom. The summed E-state index contributed by atoms with van der Waals surface area (Å²) < 4.78 is 5.45. The maximum absolute atomic E-state index is 5.45. The maximum atomic E-state index is 5.45. The number of nitrogens with zero attached hydrogens (tertiary/aromatic N) is 4. The number of benzene rings is 1. The third-order valence-electron chi connectivity index (χ3n) is 5.27. The van der Waals surface area contributed by atoms with Gasteiger partial charge in [-0.1, -0.05) is 24.3 Å². The third-order valence-corrected chi connectivity index (χ3v) is 6.21. The van der Waals surface area contributed by atoms with Crippen molar-refractivity contribution in [3.05, 3.63) is 42.0 Å². The number of thioether (sulfide) groups is 1. The molecule has 1 aromatic carbocycles. The first kappa shape index (κ1) is 17.8. The minimum atomic E-state index is 0.415. The van der Waals surface area contributed by atoms with E-state index in [4.69, 9.17) is 4.74 Å². The largest absolute Gasteiger partial charge is 0.379 e. The molecule has 0 amide bonds. The molecule has 26 heavy (non-hydrogen) atoms. The first-order valence-corrected chi connectivity index (χ1v) is 10.6. The van der Waals surface area contributed by atoms with Gasteiger partial charge in [-0.3, -0.25) is 4.90 Å². The highest BCUT2D eigenvalue weighted by Gasteiger charge is 2.18. The average Bonchev–Trinajstić information content (AvgIpc) is 2.75. The van der Waals surface area contributed by atoms with Crippen LogP contribution in [-0.2, 0) is 4.74 Å². The van der Waals surface area contributed by atoms with E-state index in [1.54, 1.807) is 0 Å². The molecule has 0 aliphatic carbocycles. The van der Waals surface area contributed by atoms with Gasteiger partial charge in [0.2, 0.25) is 0 Å². The Morgan fingerprint density at radius 2 is 1.65 bits per heavy atom. The van der Waals surface area contributed by atoms with Crippen LogP contribution >= 0.6 is 11.8 Å². The summed E-state index contributed by atoms with van der Waals surface area (Å²) in [6, 6.07) is 13.4. The smallest absolute Gasteiger partial charge is 0.151 e. The molecular weight excluding hydrogens is 344 g/mol. The van der Waals surface area contributed by atoms with Crippen LogP contribution in [0.25, 0.3) is 11.3 Å². The van der Waals surface area contributed by atoms with Gasteiger partial charge in [0.05, 0.1) is 18.9 Å². The number of ether oxygens (including phenoxy) is 1. The van der Waals surface area contributed by atoms with E-state index in [9.17, 15) is 0 Å². The van der Waals surface area contributed by atoms with Crippen LogP contribution in [0.1, 0.15) is 18.5 Å². The molecule has 0 radical (unpaired) electrons. The molecule has 2 fully saturated rings. The monoisotopic (exact) mass is 370 g/mol. The third kappa shape index (κ3) is 4.03. The van der Waals surface area contributed by atoms with Crippen molar-refractivity contribution in [2.45, 2.75) is 13.0 Å². The summed E-state index contributed by atoms with van der Waals surface area (Å²) in [5, 5.41) is 8.92. The highest BCUT2D eigenvalue weighted by molar-refractivity contribution is 7.99. The molecule has 3 heterocycles. The molecule has 4 rings (SSSR count). The Morgan fingerprint density at radius 1 is 0.923 bits per heavy atom. The molecule has 0 saturated carbocycles. The van der Waals surface area contributed by atoms with Crippen LogP contribution in [0, 0.1) is 0 Å². The van der Waals surface area contributed by atoms with E-state index < -0.39 is 0 Å². The summed E-state index contributed by atoms with van der Waals surface area (Å²) in [4.78, 5) is 4.80. The van der Waals surface area contributed by atoms with Crippen molar-refractivity contribution < 1.29 is 4.74 Å². The highest BCUT2D eigenvalue weighted by Crippen LogP contribution is 2.25. The summed E-state index contributed by atoms with van der Waals surface area (Å²) in [7, 11) is 0. The zero-order chi connectivity index (χ0) is 17.8. The molecule has 2 aliphatic rings. The Hall–Kier alpha value is -1.63. The summed E-state index contributed by atoms with van der Waals surface area (Å²) in [5.41, 5.74) is 3.40. The molecule has 5 nitrogen and oxygen atoms in total. The second-order valence-electron chi connectivity index (χ2n) is 6.82. The molecule has 1 aromatic heterocycles. The highest BCUT2D eigenvalue weighted by atomic mass is 32.2. The zero-order valence-electron chi connectivity index (χ0n) is 15.3. The molecule has 138 valence electrons. The predicted molar refractivity (Wildman–Crippen MR) is 108 cm³/mol. The summed E-state index contributed by atoms with van der Waals surface area (Å²) in [6.07, 6.45) is 0. The molecular formula is C20H26N4OS. The van der Waals surface area contributed by atoms with E-state index in [0.717, 1.165) is 56.5 Å². The second-order valence-corrected chi connectivity index (χ2v) is 8.05. The van der Waals surface area contributed by atoms with E-state index in [-0.39, 0.29) is 0 Å². The van der Waals surface area contributed by atoms with E-state index in [2.05, 4.69) is 63.3 Å². The fourth-order valence-electron chi connectivity index (χ4n) is 3.55. The van der Waals surface area contributed by atoms with Gasteiger partial charge in [0, 0.05) is 49.3 Å². The van der Waals surface area contributed by atoms with Gasteiger partial charge in [-0.2, -0.15) is 11.8 Å². The Labute approximate surface area is 159 Å². The molecule has 0 bridgehead atoms. The molecule has 1 atom stereocenters. The lowest BCUT2D eigenvalue weighted by Gasteiger charge is -2.32. The first-order chi connectivity index (χ1) is 12.8. The number of morpholine rings is 1. The van der Waals surface area contributed by atoms with Crippen LogP contribution in [0.5, 0.6) is 0 Å². The number of aromatic nitrogens is 2. The van der Waals surface area contributed by atoms with Crippen molar-refractivity contribution >= 4 is 17.6 Å². The standard InChI is InChI=1S/C20H26N4OS/c1-16(23-8-12-25-13-9-23)17-2-4-18(5-3-17)19-6-7-20(22-21-19)24-10-14-26-15-11-24/h2-7,16H,8-15H2,1H3. The van der Waals surface area contributed by atoms with Gasteiger partial charge in [-0.15, -0.1) is 10.2 Å². The molecule has 2 aliphatic heterocycles. The van der Waals surface area contributed by atoms with Gasteiger partial charge in [-0.25, -0.2) is 0 Å². The van der Waals surface area contributed by atoms with Crippen molar-refractivity contribution in [3.8, 4) is 11.3 Å². The minimum Gasteiger partial charge on any atom is -0.379 e. The zero-order valence-corrected chi connectivity index (χ0v) is 16.1. The molecule has 2 aromatic rings. The van der Waals surface area contributed by atoms with E-state index in [1.165, 1.54) is 17.1 Å². The van der Waals surface area contributed by atoms with Gasteiger partial charge in [-0.05, 0) is 24.6 Å². The van der Waals surface area contributed by atoms with E-state index >= 15 is 0 Å². The maximum Gasteiger partial charge on any atom is 0.151 e. The number of hydrogen-bond donors (Lipinski definition) is 0. The topological polar surface area (TPSA) is 41.5 Å². The first-order valence-electron chi connectivity index (χ1n) is 9.40. The number of hydrogen-bond acceptors (Lipinski definition) is 6. The van der Waals surface area contributed by atoms with Gasteiger partial charge in [0.1, 0.15) is 0 Å². The fourth-order valence-corrected chi connectivity index (χ4v) is 4.45. The van der Waals surface area contributed by atoms with Crippen molar-refractivity contribution in [1.82, 2.24) is 15.1 Å². The quantitative estimate of drug-likeness (QED) is 0.824. The number of anilines is 1. The fraction of sp³-hybridized carbons (Fsp3) is 0.500. The van der Waals surface area contributed by atoms with Crippen molar-refractivity contribution in [2.75, 3.05) is 55.8 Å². The van der Waals surface area contributed by atoms with Crippen LogP contribution in [0.2, 0.25) is 0 Å². The Balaban J connectivity index is 1.44. The van der Waals surface area contributed by atoms with Crippen LogP contribution < -0.4 is 4.90 Å². The Bertz CT molecular complexity index is 695. The van der Waals surface area contributed by atoms with Crippen molar-refractivity contribution in [1.29, 1.82) is 0 Å². The van der Waals surface area contributed by atoms with Crippen molar-refractivity contribution in [3.63, 3.8) is 0 Å². The van der Waals surface area contributed by atoms with Crippen LogP contribution in [0.4, 0.5) is 5.82 Å². The second kappa shape index (κ2) is 8.37. The minimum absolute atomic E-state index is 0.415. The van der Waals surface area contributed by atoms with Gasteiger partial charge >= 0.3 is 0 Å². The van der Waals surface area contributed by atoms with Crippen LogP contribution in [0.15, 0.2) is 36.4 Å². The summed E-state index contributed by atoms with van der Waals surface area (Å²) in [5.74, 6) is 3.34. The Kier molecular flexibility index (Phi) is 5.72. The molecule has 0 spiro atoms. The van der Waals surface area contributed by atoms with E-state index in [1.807, 2.05) is 11.8 Å². The van der Waals surface area contributed by atoms with E-state index in [0.29, 0.717) is 6.04 Å². The summed E-state index contributed by atoms with van der Waals surface area (Å²) in [6.45, 7) is 8.07. The lowest BCUT2D eigenvalue weighted by atomic mass is 10.0. The predicted octanol–water partition coefficient (Wildman–Crippen LogP) is 3.09. The van der Waals surface area contributed by atoms with Crippen molar-refractivity contribution in [2.24, 2.45) is 0 Å². The lowest BCUT2D eigenvalue weighted by Crippen LogP contribution is -2.37. The molecule has 0 N–H and O–H groups in total. The van der Waals surface area contributed by atoms with Gasteiger partial charge in [0.15, 0.2) is 5.82 Å².